The van der Waals surface area contributed by atoms with Crippen LogP contribution in [-0.4, -0.2) is 314 Å². The van der Waals surface area contributed by atoms with E-state index in [1.54, 1.807) is 0 Å². The van der Waals surface area contributed by atoms with Crippen molar-refractivity contribution in [3.05, 3.63) is 0 Å². The quantitative estimate of drug-likeness (QED) is 0.0534. The van der Waals surface area contributed by atoms with Crippen molar-refractivity contribution in [2.45, 2.75) is 263 Å². The summed E-state index contributed by atoms with van der Waals surface area (Å²) < 4.78 is 65.8. The number of hydrogen-bond donors (Lipinski definition) is 19. The van der Waals surface area contributed by atoms with Crippen LogP contribution in [-0.2, 0) is 52.1 Å². The van der Waals surface area contributed by atoms with E-state index in [0.717, 1.165) is 12.8 Å². The Bertz CT molecular complexity index is 2220. The minimum atomic E-state index is -2.08. The third-order valence-corrected chi connectivity index (χ3v) is 22.3. The molecule has 0 aromatic rings. The first-order valence-electron chi connectivity index (χ1n) is 31.0. The number of rotatable bonds is 19. The van der Waals surface area contributed by atoms with Crippen molar-refractivity contribution in [3.63, 3.8) is 0 Å². The van der Waals surface area contributed by atoms with Gasteiger partial charge < -0.3 is 149 Å². The zero-order valence-electron chi connectivity index (χ0n) is 49.3. The number of hydrogen-bond acceptors (Lipinski definition) is 30. The van der Waals surface area contributed by atoms with Gasteiger partial charge in [0.1, 0.15) is 122 Å². The molecule has 6 heterocycles. The van der Waals surface area contributed by atoms with E-state index in [0.29, 0.717) is 38.5 Å². The minimum Gasteiger partial charge on any atom is -0.394 e. The number of aliphatic hydroxyl groups is 19. The average molecular weight is 1260 g/mol. The topological polar surface area (TPSA) is 486 Å². The number of ether oxygens (including phenoxy) is 11. The average Bonchev–Trinajstić information content (AvgIpc) is 1.58. The summed E-state index contributed by atoms with van der Waals surface area (Å²) in [5.41, 5.74) is -0.773. The van der Waals surface area contributed by atoms with Crippen molar-refractivity contribution < 1.29 is 149 Å². The molecule has 0 radical (unpaired) electrons. The molecule has 0 unspecified atom stereocenters. The lowest BCUT2D eigenvalue weighted by atomic mass is 9.43. The fourth-order valence-corrected chi connectivity index (χ4v) is 17.1. The van der Waals surface area contributed by atoms with Gasteiger partial charge in [0, 0.05) is 23.7 Å². The molecule has 0 aromatic heterocycles. The van der Waals surface area contributed by atoms with Crippen molar-refractivity contribution >= 4 is 0 Å². The Hall–Kier alpha value is -1.20. The Balaban J connectivity index is 0.775. The van der Waals surface area contributed by atoms with E-state index in [1.165, 1.54) is 0 Å². The van der Waals surface area contributed by atoms with Gasteiger partial charge in [-0.25, -0.2) is 0 Å². The van der Waals surface area contributed by atoms with Gasteiger partial charge in [0.15, 0.2) is 37.2 Å². The van der Waals surface area contributed by atoms with Crippen molar-refractivity contribution in [2.24, 2.45) is 52.3 Å². The molecule has 38 atom stereocenters. The molecule has 0 amide bonds. The largest absolute Gasteiger partial charge is 0.394 e. The summed E-state index contributed by atoms with van der Waals surface area (Å²) >= 11 is 0. The molecular formula is C57H96O30. The Morgan fingerprint density at radius 2 is 0.966 bits per heavy atom. The summed E-state index contributed by atoms with van der Waals surface area (Å²) in [6.45, 7) is 4.25. The van der Waals surface area contributed by atoms with Gasteiger partial charge in [0.2, 0.25) is 0 Å². The molecule has 30 heteroatoms. The SMILES string of the molecule is C[C@H](CC[C@]1(O)O[C@H]2C[C@H]3[C@@H]4CC[C@H]5C[C@@H](O[C@@H]6O[C@H](CO)[C@H](O[C@@H]7O[C@H](CO)[C@@H](O)[C@H](O[C@@H]8O[C@H](CO)[C@@H](O)[C@H](O)[C@H]8O)[C@H]7O[C@@H]7O[C@H](CO)[C@@H](O)[C@H](O)[C@H]7O)[C@H](O)[C@H]6O)CC[C@]5(C)[C@H]4C[C@@H](O)[C@]3(C)[C@H]2[C@@H]1C)CO[C@@H]1O[C@H](CO)[C@@H](O)[C@H](O)[C@H]1O. The summed E-state index contributed by atoms with van der Waals surface area (Å²) in [6, 6.07) is 0. The fraction of sp³-hybridized carbons (Fsp3) is 1.00. The molecule has 6 saturated heterocycles. The summed E-state index contributed by atoms with van der Waals surface area (Å²) in [4.78, 5) is 0. The number of fused-ring (bicyclic) bond motifs is 7. The first-order valence-corrected chi connectivity index (χ1v) is 31.0. The van der Waals surface area contributed by atoms with Gasteiger partial charge in [-0.15, -0.1) is 0 Å². The van der Waals surface area contributed by atoms with Gasteiger partial charge in [0.05, 0.1) is 58.0 Å². The smallest absolute Gasteiger partial charge is 0.187 e. The third-order valence-electron chi connectivity index (χ3n) is 22.3. The van der Waals surface area contributed by atoms with Crippen LogP contribution in [0.1, 0.15) is 85.5 Å². The van der Waals surface area contributed by atoms with Crippen molar-refractivity contribution in [2.75, 3.05) is 39.6 Å². The molecule has 19 N–H and O–H groups in total. The standard InChI is InChI=1S/C57H96O30/c1-20(19-77-50-43(72)39(68)35(64)28(14-58)79-50)7-10-57(76)21(2)34-27(87-57)12-26-24-6-5-22-11-23(8-9-55(22,3)25(24)13-33(63)56(26,34)4)78-51-46(75)42(71)47(32(18-62)83-51)84-54-49(86-53-45(74)41(70)37(66)30(16-60)81-53)48(38(67)31(17-61)82-54)85-52-44(73)40(69)36(65)29(15-59)80-52/h20-54,58-76H,5-19H2,1-4H3/t20-,21+,22+,23+,24-,25+,26+,27+,28-,29-,30-,31-,32-,33-,34+,35-,36-,37-,38-,39+,40+,41+,42-,43-,44-,45-,46-,47+,48+,49-,50-,51-,52+,53+,54+,55+,56-,57+/m1/s1. The molecule has 10 fully saturated rings. The van der Waals surface area contributed by atoms with Crippen LogP contribution in [0.2, 0.25) is 0 Å². The second-order valence-electron chi connectivity index (χ2n) is 27.2. The van der Waals surface area contributed by atoms with Crippen molar-refractivity contribution in [1.82, 2.24) is 0 Å². The first kappa shape index (κ1) is 68.7. The molecule has 4 aliphatic carbocycles. The van der Waals surface area contributed by atoms with Crippen LogP contribution in [0, 0.1) is 52.3 Å². The Morgan fingerprint density at radius 1 is 0.483 bits per heavy atom. The van der Waals surface area contributed by atoms with E-state index < -0.39 is 210 Å². The van der Waals surface area contributed by atoms with Crippen LogP contribution < -0.4 is 0 Å². The maximum absolute atomic E-state index is 12.4. The number of aliphatic hydroxyl groups excluding tert-OH is 18. The van der Waals surface area contributed by atoms with Crippen molar-refractivity contribution in [1.29, 1.82) is 0 Å². The highest BCUT2D eigenvalue weighted by Gasteiger charge is 2.71. The lowest BCUT2D eigenvalue weighted by Crippen LogP contribution is -2.68. The Kier molecular flexibility index (Phi) is 21.5. The van der Waals surface area contributed by atoms with Crippen LogP contribution in [0.5, 0.6) is 0 Å². The third kappa shape index (κ3) is 12.5. The molecule has 4 saturated carbocycles. The van der Waals surface area contributed by atoms with E-state index in [4.69, 9.17) is 52.1 Å². The highest BCUT2D eigenvalue weighted by atomic mass is 16.8. The van der Waals surface area contributed by atoms with Crippen LogP contribution >= 0.6 is 0 Å². The molecule has 0 spiro atoms. The zero-order chi connectivity index (χ0) is 63.1. The van der Waals surface area contributed by atoms with E-state index in [-0.39, 0.29) is 66.0 Å². The van der Waals surface area contributed by atoms with E-state index in [2.05, 4.69) is 13.8 Å². The molecule has 0 bridgehead atoms. The molecule has 0 aromatic carbocycles. The summed E-state index contributed by atoms with van der Waals surface area (Å²) in [5, 5.41) is 205. The van der Waals surface area contributed by atoms with Gasteiger partial charge in [-0.1, -0.05) is 27.7 Å². The van der Waals surface area contributed by atoms with Gasteiger partial charge in [-0.3, -0.25) is 0 Å². The molecule has 6 aliphatic heterocycles. The van der Waals surface area contributed by atoms with Crippen LogP contribution in [0.4, 0.5) is 0 Å². The lowest BCUT2D eigenvalue weighted by Gasteiger charge is -2.62. The fourth-order valence-electron chi connectivity index (χ4n) is 17.1. The van der Waals surface area contributed by atoms with Crippen molar-refractivity contribution in [3.8, 4) is 0 Å². The highest BCUT2D eigenvalue weighted by molar-refractivity contribution is 5.18. The minimum absolute atomic E-state index is 0.0910. The maximum Gasteiger partial charge on any atom is 0.187 e. The molecule has 30 nitrogen and oxygen atoms in total. The predicted octanol–water partition coefficient (Wildman–Crippen LogP) is -7.16. The summed E-state index contributed by atoms with van der Waals surface area (Å²) in [5.74, 6) is -1.46. The van der Waals surface area contributed by atoms with Crippen LogP contribution in [0.15, 0.2) is 0 Å². The first-order chi connectivity index (χ1) is 41.2. The van der Waals surface area contributed by atoms with Gasteiger partial charge in [-0.2, -0.15) is 0 Å². The normalized spacial score (nSPS) is 55.6. The molecule has 87 heavy (non-hydrogen) atoms. The molecule has 10 aliphatic rings. The summed E-state index contributed by atoms with van der Waals surface area (Å²) in [7, 11) is 0. The molecule has 504 valence electrons. The zero-order valence-corrected chi connectivity index (χ0v) is 49.3. The predicted molar refractivity (Wildman–Crippen MR) is 286 cm³/mol. The second kappa shape index (κ2) is 27.3. The van der Waals surface area contributed by atoms with Gasteiger partial charge >= 0.3 is 0 Å². The second-order valence-corrected chi connectivity index (χ2v) is 27.2. The Morgan fingerprint density at radius 3 is 1.54 bits per heavy atom. The Labute approximate surface area is 502 Å². The molecular weight excluding hydrogens is 1160 g/mol. The van der Waals surface area contributed by atoms with Gasteiger partial charge in [-0.05, 0) is 86.4 Å². The van der Waals surface area contributed by atoms with E-state index in [9.17, 15) is 97.0 Å². The highest BCUT2D eigenvalue weighted by Crippen LogP contribution is 2.71. The van der Waals surface area contributed by atoms with Crippen LogP contribution in [0.25, 0.3) is 0 Å². The molecule has 10 rings (SSSR count). The summed E-state index contributed by atoms with van der Waals surface area (Å²) in [6.07, 6.45) is -39.9. The van der Waals surface area contributed by atoms with E-state index >= 15 is 0 Å². The van der Waals surface area contributed by atoms with E-state index in [1.807, 2.05) is 13.8 Å². The lowest BCUT2D eigenvalue weighted by molar-refractivity contribution is -0.406. The van der Waals surface area contributed by atoms with Gasteiger partial charge in [0.25, 0.3) is 0 Å². The monoisotopic (exact) mass is 1260 g/mol. The maximum atomic E-state index is 12.4. The van der Waals surface area contributed by atoms with Crippen LogP contribution in [0.3, 0.4) is 0 Å².